The van der Waals surface area contributed by atoms with Crippen LogP contribution in [0.2, 0.25) is 0 Å². The molecule has 0 aliphatic carbocycles. The zero-order chi connectivity index (χ0) is 13.2. The van der Waals surface area contributed by atoms with Crippen molar-refractivity contribution >= 4 is 11.6 Å². The lowest BCUT2D eigenvalue weighted by atomic mass is 10.2. The number of nitrogens with zero attached hydrogens (tertiary/aromatic N) is 1. The van der Waals surface area contributed by atoms with Gasteiger partial charge in [-0.1, -0.05) is 26.7 Å². The Balaban J connectivity index is 2.48. The van der Waals surface area contributed by atoms with Gasteiger partial charge < -0.3 is 10.6 Å². The van der Waals surface area contributed by atoms with Gasteiger partial charge in [0.15, 0.2) is 0 Å². The Labute approximate surface area is 109 Å². The Morgan fingerprint density at radius 3 is 2.72 bits per heavy atom. The molecule has 18 heavy (non-hydrogen) atoms. The van der Waals surface area contributed by atoms with Crippen LogP contribution in [0.3, 0.4) is 0 Å². The van der Waals surface area contributed by atoms with Crippen LogP contribution < -0.4 is 10.6 Å². The topological polar surface area (TPSA) is 54.0 Å². The molecule has 0 bridgehead atoms. The summed E-state index contributed by atoms with van der Waals surface area (Å²) in [5, 5.41) is 6.13. The van der Waals surface area contributed by atoms with E-state index in [4.69, 9.17) is 0 Å². The SMILES string of the molecule is CCCCCNc1cncc(C(=O)NCCC)c1. The maximum Gasteiger partial charge on any atom is 0.252 e. The van der Waals surface area contributed by atoms with Gasteiger partial charge in [0.25, 0.3) is 5.91 Å². The van der Waals surface area contributed by atoms with E-state index in [1.54, 1.807) is 12.4 Å². The molecule has 1 aromatic heterocycles. The third-order valence-electron chi connectivity index (χ3n) is 2.65. The fraction of sp³-hybridized carbons (Fsp3) is 0.571. The number of anilines is 1. The summed E-state index contributed by atoms with van der Waals surface area (Å²) in [4.78, 5) is 15.8. The molecule has 0 atom stereocenters. The molecule has 1 aromatic rings. The number of hydrogen-bond acceptors (Lipinski definition) is 3. The quantitative estimate of drug-likeness (QED) is 0.697. The molecule has 4 heteroatoms. The number of carbonyl (C=O) groups is 1. The van der Waals surface area contributed by atoms with E-state index in [0.717, 1.165) is 25.1 Å². The van der Waals surface area contributed by atoms with Crippen molar-refractivity contribution in [2.75, 3.05) is 18.4 Å². The van der Waals surface area contributed by atoms with Crippen LogP contribution in [0.15, 0.2) is 18.5 Å². The molecule has 0 fully saturated rings. The lowest BCUT2D eigenvalue weighted by molar-refractivity contribution is 0.0953. The molecule has 0 spiro atoms. The highest BCUT2D eigenvalue weighted by atomic mass is 16.1. The minimum Gasteiger partial charge on any atom is -0.384 e. The molecule has 0 radical (unpaired) electrons. The van der Waals surface area contributed by atoms with Crippen LogP contribution in [0, 0.1) is 0 Å². The number of amides is 1. The van der Waals surface area contributed by atoms with Crippen molar-refractivity contribution in [3.05, 3.63) is 24.0 Å². The number of pyridine rings is 1. The Hall–Kier alpha value is -1.58. The van der Waals surface area contributed by atoms with Crippen LogP contribution in [-0.2, 0) is 0 Å². The maximum absolute atomic E-state index is 11.8. The van der Waals surface area contributed by atoms with Gasteiger partial charge in [-0.15, -0.1) is 0 Å². The van der Waals surface area contributed by atoms with Gasteiger partial charge in [-0.3, -0.25) is 9.78 Å². The zero-order valence-corrected chi connectivity index (χ0v) is 11.3. The first-order chi connectivity index (χ1) is 8.77. The first-order valence-electron chi connectivity index (χ1n) is 6.75. The van der Waals surface area contributed by atoms with Gasteiger partial charge in [0.1, 0.15) is 0 Å². The Kier molecular flexibility index (Phi) is 6.84. The molecule has 1 heterocycles. The van der Waals surface area contributed by atoms with Crippen LogP contribution in [0.4, 0.5) is 5.69 Å². The highest BCUT2D eigenvalue weighted by molar-refractivity contribution is 5.94. The smallest absolute Gasteiger partial charge is 0.252 e. The van der Waals surface area contributed by atoms with Crippen LogP contribution in [0.1, 0.15) is 49.9 Å². The molecular formula is C14H23N3O. The molecule has 0 saturated carbocycles. The minimum atomic E-state index is -0.0541. The third-order valence-corrected chi connectivity index (χ3v) is 2.65. The Morgan fingerprint density at radius 2 is 2.00 bits per heavy atom. The number of aromatic nitrogens is 1. The molecule has 0 aromatic carbocycles. The molecule has 0 saturated heterocycles. The van der Waals surface area contributed by atoms with E-state index in [1.807, 2.05) is 13.0 Å². The predicted octanol–water partition coefficient (Wildman–Crippen LogP) is 2.82. The summed E-state index contributed by atoms with van der Waals surface area (Å²) in [6, 6.07) is 1.85. The van der Waals surface area contributed by atoms with Gasteiger partial charge in [-0.2, -0.15) is 0 Å². The standard InChI is InChI=1S/C14H23N3O/c1-3-5-6-8-16-13-9-12(10-15-11-13)14(18)17-7-4-2/h9-11,16H,3-8H2,1-2H3,(H,17,18). The second-order valence-electron chi connectivity index (χ2n) is 4.35. The summed E-state index contributed by atoms with van der Waals surface area (Å²) in [5.41, 5.74) is 1.53. The minimum absolute atomic E-state index is 0.0541. The lowest BCUT2D eigenvalue weighted by Crippen LogP contribution is -2.24. The van der Waals surface area contributed by atoms with Crippen molar-refractivity contribution in [1.82, 2.24) is 10.3 Å². The third kappa shape index (κ3) is 5.17. The van der Waals surface area contributed by atoms with E-state index in [9.17, 15) is 4.79 Å². The summed E-state index contributed by atoms with van der Waals surface area (Å²) in [5.74, 6) is -0.0541. The summed E-state index contributed by atoms with van der Waals surface area (Å²) < 4.78 is 0. The average Bonchev–Trinajstić information content (AvgIpc) is 2.41. The monoisotopic (exact) mass is 249 g/mol. The summed E-state index contributed by atoms with van der Waals surface area (Å²) in [7, 11) is 0. The van der Waals surface area contributed by atoms with Crippen molar-refractivity contribution in [3.63, 3.8) is 0 Å². The highest BCUT2D eigenvalue weighted by Gasteiger charge is 2.05. The fourth-order valence-electron chi connectivity index (χ4n) is 1.61. The summed E-state index contributed by atoms with van der Waals surface area (Å²) in [6.07, 6.45) is 7.86. The Morgan fingerprint density at radius 1 is 1.17 bits per heavy atom. The normalized spacial score (nSPS) is 10.1. The van der Waals surface area contributed by atoms with Crippen molar-refractivity contribution in [2.24, 2.45) is 0 Å². The number of nitrogens with one attached hydrogen (secondary N) is 2. The first kappa shape index (κ1) is 14.5. The van der Waals surface area contributed by atoms with Crippen molar-refractivity contribution in [2.45, 2.75) is 39.5 Å². The van der Waals surface area contributed by atoms with Crippen LogP contribution in [0.25, 0.3) is 0 Å². The molecule has 0 aliphatic heterocycles. The van der Waals surface area contributed by atoms with E-state index in [-0.39, 0.29) is 5.91 Å². The molecule has 0 unspecified atom stereocenters. The first-order valence-corrected chi connectivity index (χ1v) is 6.75. The molecule has 1 rings (SSSR count). The van der Waals surface area contributed by atoms with E-state index in [1.165, 1.54) is 12.8 Å². The van der Waals surface area contributed by atoms with Gasteiger partial charge in [0.2, 0.25) is 0 Å². The van der Waals surface area contributed by atoms with E-state index < -0.39 is 0 Å². The van der Waals surface area contributed by atoms with Crippen LogP contribution in [0.5, 0.6) is 0 Å². The molecule has 100 valence electrons. The summed E-state index contributed by atoms with van der Waals surface area (Å²) in [6.45, 7) is 5.84. The van der Waals surface area contributed by atoms with E-state index in [0.29, 0.717) is 12.1 Å². The highest BCUT2D eigenvalue weighted by Crippen LogP contribution is 2.08. The second-order valence-corrected chi connectivity index (χ2v) is 4.35. The van der Waals surface area contributed by atoms with Crippen molar-refractivity contribution in [1.29, 1.82) is 0 Å². The van der Waals surface area contributed by atoms with Crippen LogP contribution >= 0.6 is 0 Å². The average molecular weight is 249 g/mol. The Bertz CT molecular complexity index is 366. The molecule has 1 amide bonds. The molecule has 2 N–H and O–H groups in total. The van der Waals surface area contributed by atoms with Gasteiger partial charge in [-0.05, 0) is 18.9 Å². The van der Waals surface area contributed by atoms with Gasteiger partial charge in [0, 0.05) is 25.5 Å². The molecule has 0 aliphatic rings. The van der Waals surface area contributed by atoms with Gasteiger partial charge >= 0.3 is 0 Å². The summed E-state index contributed by atoms with van der Waals surface area (Å²) >= 11 is 0. The largest absolute Gasteiger partial charge is 0.384 e. The van der Waals surface area contributed by atoms with Gasteiger partial charge in [0.05, 0.1) is 11.3 Å². The zero-order valence-electron chi connectivity index (χ0n) is 11.3. The lowest BCUT2D eigenvalue weighted by Gasteiger charge is -2.07. The second kappa shape index (κ2) is 8.50. The maximum atomic E-state index is 11.8. The fourth-order valence-corrected chi connectivity index (χ4v) is 1.61. The molecular weight excluding hydrogens is 226 g/mol. The van der Waals surface area contributed by atoms with Crippen molar-refractivity contribution < 1.29 is 4.79 Å². The molecule has 4 nitrogen and oxygen atoms in total. The van der Waals surface area contributed by atoms with Crippen molar-refractivity contribution in [3.8, 4) is 0 Å². The number of unbranched alkanes of at least 4 members (excludes halogenated alkanes) is 2. The van der Waals surface area contributed by atoms with Crippen LogP contribution in [-0.4, -0.2) is 24.0 Å². The number of rotatable bonds is 8. The predicted molar refractivity (Wildman–Crippen MR) is 74.9 cm³/mol. The number of carbonyl (C=O) groups excluding carboxylic acids is 1. The van der Waals surface area contributed by atoms with E-state index >= 15 is 0 Å². The van der Waals surface area contributed by atoms with E-state index in [2.05, 4.69) is 22.5 Å². The van der Waals surface area contributed by atoms with Gasteiger partial charge in [-0.25, -0.2) is 0 Å². The number of hydrogen-bond donors (Lipinski definition) is 2.